The van der Waals surface area contributed by atoms with Crippen molar-refractivity contribution in [2.45, 2.75) is 20.3 Å². The summed E-state index contributed by atoms with van der Waals surface area (Å²) < 4.78 is 4.82. The number of carbonyl (C=O) groups excluding carboxylic acids is 1. The molecule has 0 aromatic carbocycles. The maximum Gasteiger partial charge on any atom is 0.319 e. The topological polar surface area (TPSA) is 38.3 Å². The van der Waals surface area contributed by atoms with Gasteiger partial charge in [0.15, 0.2) is 0 Å². The van der Waals surface area contributed by atoms with E-state index >= 15 is 0 Å². The van der Waals surface area contributed by atoms with Crippen molar-refractivity contribution in [3.63, 3.8) is 0 Å². The summed E-state index contributed by atoms with van der Waals surface area (Å²) in [6.45, 7) is 5.50. The van der Waals surface area contributed by atoms with Crippen LogP contribution >= 0.6 is 0 Å². The van der Waals surface area contributed by atoms with Crippen molar-refractivity contribution in [2.24, 2.45) is 5.92 Å². The SMILES string of the molecule is CCOC(=O)CNCC1C=CC(C)=CC1. The van der Waals surface area contributed by atoms with Gasteiger partial charge in [0.25, 0.3) is 0 Å². The predicted octanol–water partition coefficient (Wildman–Crippen LogP) is 1.66. The van der Waals surface area contributed by atoms with Crippen LogP contribution in [0, 0.1) is 5.92 Å². The van der Waals surface area contributed by atoms with Gasteiger partial charge in [0.05, 0.1) is 13.2 Å². The van der Waals surface area contributed by atoms with E-state index in [1.54, 1.807) is 0 Å². The third-order valence-corrected chi connectivity index (χ3v) is 2.36. The molecule has 0 radical (unpaired) electrons. The molecule has 1 aliphatic carbocycles. The van der Waals surface area contributed by atoms with Crippen LogP contribution in [0.25, 0.3) is 0 Å². The molecule has 84 valence electrons. The molecule has 0 spiro atoms. The summed E-state index contributed by atoms with van der Waals surface area (Å²) in [5.74, 6) is 0.326. The molecule has 1 aliphatic rings. The molecule has 1 N–H and O–H groups in total. The zero-order valence-corrected chi connectivity index (χ0v) is 9.45. The second-order valence-corrected chi connectivity index (χ2v) is 3.74. The van der Waals surface area contributed by atoms with Gasteiger partial charge in [0, 0.05) is 6.54 Å². The van der Waals surface area contributed by atoms with Crippen LogP contribution in [-0.4, -0.2) is 25.7 Å². The molecular weight excluding hydrogens is 190 g/mol. The van der Waals surface area contributed by atoms with Crippen molar-refractivity contribution in [3.8, 4) is 0 Å². The van der Waals surface area contributed by atoms with Crippen LogP contribution < -0.4 is 5.32 Å². The Bertz CT molecular complexity index is 269. The fraction of sp³-hybridized carbons (Fsp3) is 0.583. The largest absolute Gasteiger partial charge is 0.465 e. The van der Waals surface area contributed by atoms with Crippen LogP contribution in [0.4, 0.5) is 0 Å². The van der Waals surface area contributed by atoms with Gasteiger partial charge in [-0.15, -0.1) is 0 Å². The number of rotatable bonds is 5. The molecule has 1 atom stereocenters. The van der Waals surface area contributed by atoms with Crippen LogP contribution in [0.5, 0.6) is 0 Å². The lowest BCUT2D eigenvalue weighted by molar-refractivity contribution is -0.142. The lowest BCUT2D eigenvalue weighted by Crippen LogP contribution is -2.29. The summed E-state index contributed by atoms with van der Waals surface area (Å²) in [5, 5.41) is 3.10. The fourth-order valence-corrected chi connectivity index (χ4v) is 1.49. The number of esters is 1. The van der Waals surface area contributed by atoms with E-state index in [4.69, 9.17) is 4.74 Å². The molecule has 0 aliphatic heterocycles. The standard InChI is InChI=1S/C12H19NO2/c1-3-15-12(14)9-13-8-11-6-4-10(2)5-7-11/h4-6,11,13H,3,7-9H2,1-2H3. The molecular formula is C12H19NO2. The van der Waals surface area contributed by atoms with E-state index in [1.165, 1.54) is 5.57 Å². The summed E-state index contributed by atoms with van der Waals surface area (Å²) in [6.07, 6.45) is 7.59. The maximum atomic E-state index is 11.0. The molecule has 15 heavy (non-hydrogen) atoms. The van der Waals surface area contributed by atoms with Crippen LogP contribution in [0.1, 0.15) is 20.3 Å². The number of ether oxygens (including phenoxy) is 1. The molecule has 0 saturated heterocycles. The van der Waals surface area contributed by atoms with Gasteiger partial charge in [-0.1, -0.05) is 23.8 Å². The van der Waals surface area contributed by atoms with E-state index in [9.17, 15) is 4.79 Å². The highest BCUT2D eigenvalue weighted by molar-refractivity contribution is 5.71. The van der Waals surface area contributed by atoms with E-state index in [-0.39, 0.29) is 5.97 Å². The van der Waals surface area contributed by atoms with Crippen LogP contribution in [0.3, 0.4) is 0 Å². The van der Waals surface area contributed by atoms with Gasteiger partial charge in [-0.05, 0) is 26.2 Å². The van der Waals surface area contributed by atoms with E-state index in [1.807, 2.05) is 6.92 Å². The average molecular weight is 209 g/mol. The van der Waals surface area contributed by atoms with Crippen LogP contribution in [-0.2, 0) is 9.53 Å². The first-order valence-electron chi connectivity index (χ1n) is 5.43. The number of allylic oxidation sites excluding steroid dienone is 3. The third-order valence-electron chi connectivity index (χ3n) is 2.36. The van der Waals surface area contributed by atoms with Crippen LogP contribution in [0.2, 0.25) is 0 Å². The highest BCUT2D eigenvalue weighted by Crippen LogP contribution is 2.14. The smallest absolute Gasteiger partial charge is 0.319 e. The summed E-state index contributed by atoms with van der Waals surface area (Å²) in [4.78, 5) is 11.0. The molecule has 0 aromatic heterocycles. The molecule has 1 unspecified atom stereocenters. The van der Waals surface area contributed by atoms with Gasteiger partial charge >= 0.3 is 5.97 Å². The first-order valence-corrected chi connectivity index (χ1v) is 5.43. The number of carbonyl (C=O) groups is 1. The molecule has 3 heteroatoms. The average Bonchev–Trinajstić information content (AvgIpc) is 2.21. The molecule has 0 bridgehead atoms. The lowest BCUT2D eigenvalue weighted by Gasteiger charge is -2.15. The molecule has 0 amide bonds. The quantitative estimate of drug-likeness (QED) is 0.700. The van der Waals surface area contributed by atoms with Crippen molar-refractivity contribution < 1.29 is 9.53 Å². The predicted molar refractivity (Wildman–Crippen MR) is 60.5 cm³/mol. The minimum atomic E-state index is -0.177. The Morgan fingerprint density at radius 2 is 2.47 bits per heavy atom. The number of hydrogen-bond donors (Lipinski definition) is 1. The zero-order chi connectivity index (χ0) is 11.1. The number of hydrogen-bond acceptors (Lipinski definition) is 3. The second-order valence-electron chi connectivity index (χ2n) is 3.74. The van der Waals surface area contributed by atoms with Crippen molar-refractivity contribution >= 4 is 5.97 Å². The van der Waals surface area contributed by atoms with Crippen molar-refractivity contribution in [1.29, 1.82) is 0 Å². The fourth-order valence-electron chi connectivity index (χ4n) is 1.49. The van der Waals surface area contributed by atoms with Gasteiger partial charge in [0.1, 0.15) is 0 Å². The van der Waals surface area contributed by atoms with Gasteiger partial charge in [0.2, 0.25) is 0 Å². The number of nitrogens with one attached hydrogen (secondary N) is 1. The maximum absolute atomic E-state index is 11.0. The minimum Gasteiger partial charge on any atom is -0.465 e. The van der Waals surface area contributed by atoms with E-state index in [0.717, 1.165) is 13.0 Å². The summed E-state index contributed by atoms with van der Waals surface area (Å²) in [6, 6.07) is 0. The molecule has 0 saturated carbocycles. The van der Waals surface area contributed by atoms with E-state index in [0.29, 0.717) is 19.1 Å². The first kappa shape index (κ1) is 12.0. The Morgan fingerprint density at radius 3 is 3.07 bits per heavy atom. The van der Waals surface area contributed by atoms with E-state index < -0.39 is 0 Å². The van der Waals surface area contributed by atoms with Crippen molar-refractivity contribution in [3.05, 3.63) is 23.8 Å². The Hall–Kier alpha value is -1.09. The highest BCUT2D eigenvalue weighted by atomic mass is 16.5. The molecule has 0 heterocycles. The summed E-state index contributed by atoms with van der Waals surface area (Å²) in [7, 11) is 0. The van der Waals surface area contributed by atoms with Gasteiger partial charge < -0.3 is 10.1 Å². The first-order chi connectivity index (χ1) is 7.22. The molecule has 3 nitrogen and oxygen atoms in total. The Morgan fingerprint density at radius 1 is 1.67 bits per heavy atom. The van der Waals surface area contributed by atoms with Crippen molar-refractivity contribution in [1.82, 2.24) is 5.32 Å². The van der Waals surface area contributed by atoms with Crippen LogP contribution in [0.15, 0.2) is 23.8 Å². The molecule has 0 aromatic rings. The highest BCUT2D eigenvalue weighted by Gasteiger charge is 2.07. The second kappa shape index (κ2) is 6.40. The zero-order valence-electron chi connectivity index (χ0n) is 9.45. The Labute approximate surface area is 91.2 Å². The molecule has 0 fully saturated rings. The monoisotopic (exact) mass is 209 g/mol. The van der Waals surface area contributed by atoms with Gasteiger partial charge in [-0.25, -0.2) is 0 Å². The Kier molecular flexibility index (Phi) is 5.12. The van der Waals surface area contributed by atoms with Gasteiger partial charge in [-0.3, -0.25) is 4.79 Å². The summed E-state index contributed by atoms with van der Waals surface area (Å²) in [5.41, 5.74) is 1.32. The third kappa shape index (κ3) is 4.79. The minimum absolute atomic E-state index is 0.177. The summed E-state index contributed by atoms with van der Waals surface area (Å²) >= 11 is 0. The molecule has 1 rings (SSSR count). The normalized spacial score (nSPS) is 19.9. The Balaban J connectivity index is 2.11. The van der Waals surface area contributed by atoms with E-state index in [2.05, 4.69) is 30.5 Å². The van der Waals surface area contributed by atoms with Crippen molar-refractivity contribution in [2.75, 3.05) is 19.7 Å². The lowest BCUT2D eigenvalue weighted by atomic mass is 9.97. The van der Waals surface area contributed by atoms with Gasteiger partial charge in [-0.2, -0.15) is 0 Å².